The van der Waals surface area contributed by atoms with Crippen molar-refractivity contribution in [2.75, 3.05) is 6.54 Å². The van der Waals surface area contributed by atoms with Gasteiger partial charge >= 0.3 is 0 Å². The zero-order valence-corrected chi connectivity index (χ0v) is 11.8. The van der Waals surface area contributed by atoms with Crippen molar-refractivity contribution in [3.63, 3.8) is 0 Å². The summed E-state index contributed by atoms with van der Waals surface area (Å²) in [5, 5.41) is 3.73. The predicted octanol–water partition coefficient (Wildman–Crippen LogP) is 4.49. The first kappa shape index (κ1) is 14.0. The molecule has 0 saturated heterocycles. The van der Waals surface area contributed by atoms with E-state index in [1.807, 2.05) is 38.1 Å². The fraction of sp³-hybridized carbons (Fsp3) is 0.250. The zero-order valence-electron chi connectivity index (χ0n) is 11.1. The minimum absolute atomic E-state index is 0.150. The highest BCUT2D eigenvalue weighted by Gasteiger charge is 2.16. The number of aryl methyl sites for hydroxylation is 1. The van der Waals surface area contributed by atoms with Gasteiger partial charge in [0.15, 0.2) is 0 Å². The normalized spacial score (nSPS) is 12.4. The first-order valence-corrected chi connectivity index (χ1v) is 6.74. The Labute approximate surface area is 118 Å². The van der Waals surface area contributed by atoms with Crippen molar-refractivity contribution in [3.8, 4) is 0 Å². The molecule has 0 saturated carbocycles. The SMILES string of the molecule is CCNC(c1ccc(C)cc1)c1ccc(Cl)cc1F. The summed E-state index contributed by atoms with van der Waals surface area (Å²) >= 11 is 5.81. The van der Waals surface area contributed by atoms with Crippen LogP contribution in [0.4, 0.5) is 4.39 Å². The van der Waals surface area contributed by atoms with Crippen LogP contribution in [-0.4, -0.2) is 6.54 Å². The fourth-order valence-electron chi connectivity index (χ4n) is 2.11. The predicted molar refractivity (Wildman–Crippen MR) is 78.1 cm³/mol. The van der Waals surface area contributed by atoms with E-state index in [2.05, 4.69) is 5.32 Å². The second-order valence-electron chi connectivity index (χ2n) is 4.57. The molecule has 0 aliphatic heterocycles. The lowest BCUT2D eigenvalue weighted by molar-refractivity contribution is 0.559. The Morgan fingerprint density at radius 2 is 1.84 bits per heavy atom. The molecule has 0 bridgehead atoms. The minimum atomic E-state index is -0.279. The van der Waals surface area contributed by atoms with Gasteiger partial charge in [-0.3, -0.25) is 0 Å². The van der Waals surface area contributed by atoms with Crippen LogP contribution in [0.2, 0.25) is 5.02 Å². The molecule has 0 spiro atoms. The van der Waals surface area contributed by atoms with Gasteiger partial charge in [-0.1, -0.05) is 54.4 Å². The van der Waals surface area contributed by atoms with Crippen molar-refractivity contribution >= 4 is 11.6 Å². The molecule has 0 radical (unpaired) electrons. The number of halogens is 2. The molecule has 0 aromatic heterocycles. The van der Waals surface area contributed by atoms with Crippen LogP contribution in [0.15, 0.2) is 42.5 Å². The minimum Gasteiger partial charge on any atom is -0.306 e. The molecular weight excluding hydrogens is 261 g/mol. The van der Waals surface area contributed by atoms with Gasteiger partial charge in [0, 0.05) is 10.6 Å². The smallest absolute Gasteiger partial charge is 0.129 e. The third kappa shape index (κ3) is 3.34. The average molecular weight is 278 g/mol. The van der Waals surface area contributed by atoms with Crippen LogP contribution in [0, 0.1) is 12.7 Å². The fourth-order valence-corrected chi connectivity index (χ4v) is 2.26. The molecule has 1 atom stereocenters. The van der Waals surface area contributed by atoms with Crippen molar-refractivity contribution < 1.29 is 4.39 Å². The van der Waals surface area contributed by atoms with Crippen LogP contribution in [0.5, 0.6) is 0 Å². The highest BCUT2D eigenvalue weighted by atomic mass is 35.5. The molecule has 1 nitrogen and oxygen atoms in total. The highest BCUT2D eigenvalue weighted by molar-refractivity contribution is 6.30. The van der Waals surface area contributed by atoms with Gasteiger partial charge in [0.05, 0.1) is 6.04 Å². The molecular formula is C16H17ClFN. The van der Waals surface area contributed by atoms with Crippen molar-refractivity contribution in [3.05, 3.63) is 70.0 Å². The summed E-state index contributed by atoms with van der Waals surface area (Å²) in [7, 11) is 0. The molecule has 3 heteroatoms. The quantitative estimate of drug-likeness (QED) is 0.868. The van der Waals surface area contributed by atoms with Gasteiger partial charge in [-0.25, -0.2) is 4.39 Å². The van der Waals surface area contributed by atoms with E-state index in [4.69, 9.17) is 11.6 Å². The summed E-state index contributed by atoms with van der Waals surface area (Å²) in [6.07, 6.45) is 0. The average Bonchev–Trinajstić information content (AvgIpc) is 2.38. The molecule has 0 aliphatic rings. The van der Waals surface area contributed by atoms with E-state index < -0.39 is 0 Å². The molecule has 0 amide bonds. The van der Waals surface area contributed by atoms with E-state index in [-0.39, 0.29) is 11.9 Å². The Kier molecular flexibility index (Phi) is 4.56. The highest BCUT2D eigenvalue weighted by Crippen LogP contribution is 2.26. The van der Waals surface area contributed by atoms with E-state index in [0.717, 1.165) is 12.1 Å². The summed E-state index contributed by atoms with van der Waals surface area (Å²) in [6.45, 7) is 4.81. The Hall–Kier alpha value is -1.38. The molecule has 1 N–H and O–H groups in total. The summed E-state index contributed by atoms with van der Waals surface area (Å²) in [5.41, 5.74) is 2.86. The summed E-state index contributed by atoms with van der Waals surface area (Å²) in [6, 6.07) is 12.8. The monoisotopic (exact) mass is 277 g/mol. The van der Waals surface area contributed by atoms with Crippen LogP contribution in [0.25, 0.3) is 0 Å². The Morgan fingerprint density at radius 1 is 1.16 bits per heavy atom. The molecule has 0 fully saturated rings. The van der Waals surface area contributed by atoms with Gasteiger partial charge < -0.3 is 5.32 Å². The Bertz CT molecular complexity index is 551. The van der Waals surface area contributed by atoms with E-state index in [1.54, 1.807) is 12.1 Å². The molecule has 0 heterocycles. The third-order valence-electron chi connectivity index (χ3n) is 3.09. The largest absolute Gasteiger partial charge is 0.306 e. The molecule has 2 aromatic rings. The van der Waals surface area contributed by atoms with E-state index in [1.165, 1.54) is 11.6 Å². The first-order chi connectivity index (χ1) is 9.11. The van der Waals surface area contributed by atoms with Crippen LogP contribution in [-0.2, 0) is 0 Å². The first-order valence-electron chi connectivity index (χ1n) is 6.36. The molecule has 0 aliphatic carbocycles. The van der Waals surface area contributed by atoms with E-state index in [9.17, 15) is 4.39 Å². The van der Waals surface area contributed by atoms with Crippen molar-refractivity contribution in [1.29, 1.82) is 0 Å². The van der Waals surface area contributed by atoms with Crippen molar-refractivity contribution in [2.45, 2.75) is 19.9 Å². The van der Waals surface area contributed by atoms with Crippen molar-refractivity contribution in [1.82, 2.24) is 5.32 Å². The lowest BCUT2D eigenvalue weighted by Gasteiger charge is -2.20. The molecule has 2 rings (SSSR count). The van der Waals surface area contributed by atoms with Gasteiger partial charge in [-0.15, -0.1) is 0 Å². The van der Waals surface area contributed by atoms with E-state index in [0.29, 0.717) is 10.6 Å². The molecule has 100 valence electrons. The maximum atomic E-state index is 14.1. The number of rotatable bonds is 4. The number of hydrogen-bond donors (Lipinski definition) is 1. The van der Waals surface area contributed by atoms with Crippen LogP contribution in [0.3, 0.4) is 0 Å². The lowest BCUT2D eigenvalue weighted by atomic mass is 9.97. The summed E-state index contributed by atoms with van der Waals surface area (Å²) < 4.78 is 14.1. The van der Waals surface area contributed by atoms with Gasteiger partial charge in [0.1, 0.15) is 5.82 Å². The third-order valence-corrected chi connectivity index (χ3v) is 3.33. The van der Waals surface area contributed by atoms with Gasteiger partial charge in [0.25, 0.3) is 0 Å². The standard InChI is InChI=1S/C16H17ClFN/c1-3-19-16(12-6-4-11(2)5-7-12)14-9-8-13(17)10-15(14)18/h4-10,16,19H,3H2,1-2H3. The maximum absolute atomic E-state index is 14.1. The zero-order chi connectivity index (χ0) is 13.8. The number of hydrogen-bond acceptors (Lipinski definition) is 1. The van der Waals surface area contributed by atoms with Gasteiger partial charge in [-0.05, 0) is 31.2 Å². The van der Waals surface area contributed by atoms with Crippen LogP contribution >= 0.6 is 11.6 Å². The lowest BCUT2D eigenvalue weighted by Crippen LogP contribution is -2.23. The van der Waals surface area contributed by atoms with Crippen LogP contribution in [0.1, 0.15) is 29.7 Å². The second kappa shape index (κ2) is 6.18. The van der Waals surface area contributed by atoms with Crippen molar-refractivity contribution in [2.24, 2.45) is 0 Å². The van der Waals surface area contributed by atoms with E-state index >= 15 is 0 Å². The maximum Gasteiger partial charge on any atom is 0.129 e. The molecule has 1 unspecified atom stereocenters. The number of nitrogens with one attached hydrogen (secondary N) is 1. The molecule has 19 heavy (non-hydrogen) atoms. The Balaban J connectivity index is 2.41. The second-order valence-corrected chi connectivity index (χ2v) is 5.00. The topological polar surface area (TPSA) is 12.0 Å². The molecule has 2 aromatic carbocycles. The summed E-state index contributed by atoms with van der Waals surface area (Å²) in [5.74, 6) is -0.279. The number of benzene rings is 2. The summed E-state index contributed by atoms with van der Waals surface area (Å²) in [4.78, 5) is 0. The van der Waals surface area contributed by atoms with Crippen LogP contribution < -0.4 is 5.32 Å². The van der Waals surface area contributed by atoms with Gasteiger partial charge in [-0.2, -0.15) is 0 Å². The Morgan fingerprint density at radius 3 is 2.42 bits per heavy atom. The van der Waals surface area contributed by atoms with Gasteiger partial charge in [0.2, 0.25) is 0 Å².